The van der Waals surface area contributed by atoms with Gasteiger partial charge in [-0.25, -0.2) is 0 Å². The summed E-state index contributed by atoms with van der Waals surface area (Å²) in [4.78, 5) is 11.3. The molecule has 0 saturated carbocycles. The van der Waals surface area contributed by atoms with Crippen molar-refractivity contribution < 1.29 is 4.79 Å². The fourth-order valence-electron chi connectivity index (χ4n) is 2.02. The van der Waals surface area contributed by atoms with E-state index in [9.17, 15) is 4.79 Å². The first kappa shape index (κ1) is 13.8. The van der Waals surface area contributed by atoms with Crippen LogP contribution < -0.4 is 16.4 Å². The minimum absolute atomic E-state index is 0.0634. The second kappa shape index (κ2) is 6.52. The number of amides is 1. The van der Waals surface area contributed by atoms with E-state index in [1.165, 1.54) is 0 Å². The number of nitrogens with one attached hydrogen (secondary N) is 2. The highest BCUT2D eigenvalue weighted by molar-refractivity contribution is 7.99. The molecule has 0 spiro atoms. The van der Waals surface area contributed by atoms with Crippen molar-refractivity contribution in [1.29, 1.82) is 0 Å². The number of nitrogen functional groups attached to an aromatic ring is 1. The molecule has 1 heterocycles. The molecular weight excluding hydrogens is 258 g/mol. The lowest BCUT2D eigenvalue weighted by Gasteiger charge is -2.19. The van der Waals surface area contributed by atoms with Gasteiger partial charge in [0.1, 0.15) is 0 Å². The van der Waals surface area contributed by atoms with Crippen LogP contribution in [0.3, 0.4) is 0 Å². The van der Waals surface area contributed by atoms with Crippen LogP contribution in [0, 0.1) is 0 Å². The van der Waals surface area contributed by atoms with Crippen LogP contribution >= 0.6 is 11.8 Å². The van der Waals surface area contributed by atoms with Gasteiger partial charge in [-0.3, -0.25) is 4.79 Å². The Balaban J connectivity index is 1.98. The van der Waals surface area contributed by atoms with Gasteiger partial charge in [-0.05, 0) is 24.1 Å². The lowest BCUT2D eigenvalue weighted by Crippen LogP contribution is -2.19. The largest absolute Gasteiger partial charge is 0.397 e. The van der Waals surface area contributed by atoms with Gasteiger partial charge >= 0.3 is 0 Å². The second-order valence-electron chi connectivity index (χ2n) is 4.44. The summed E-state index contributed by atoms with van der Waals surface area (Å²) in [6.07, 6.45) is 3.23. The lowest BCUT2D eigenvalue weighted by molar-refractivity contribution is -0.116. The van der Waals surface area contributed by atoms with E-state index in [0.29, 0.717) is 12.1 Å². The number of benzene rings is 1. The fourth-order valence-corrected chi connectivity index (χ4v) is 2.60. The zero-order valence-corrected chi connectivity index (χ0v) is 11.7. The van der Waals surface area contributed by atoms with Crippen molar-refractivity contribution in [1.82, 2.24) is 0 Å². The number of aryl methyl sites for hydroxylation is 1. The Bertz CT molecular complexity index is 488. The molecule has 1 amide bonds. The van der Waals surface area contributed by atoms with E-state index < -0.39 is 0 Å². The molecule has 1 aliphatic rings. The number of carbonyl (C=O) groups is 1. The highest BCUT2D eigenvalue weighted by Crippen LogP contribution is 2.30. The van der Waals surface area contributed by atoms with E-state index in [1.807, 2.05) is 30.0 Å². The number of fused-ring (bicyclic) bond motifs is 1. The van der Waals surface area contributed by atoms with Crippen molar-refractivity contribution in [3.8, 4) is 0 Å². The maximum absolute atomic E-state index is 11.3. The molecular formula is C14H19N3OS. The summed E-state index contributed by atoms with van der Waals surface area (Å²) in [6, 6.07) is 3.88. The van der Waals surface area contributed by atoms with E-state index in [0.717, 1.165) is 41.4 Å². The lowest BCUT2D eigenvalue weighted by atomic mass is 10.0. The molecule has 0 atom stereocenters. The zero-order valence-electron chi connectivity index (χ0n) is 10.9. The Labute approximate surface area is 117 Å². The average Bonchev–Trinajstić information content (AvgIpc) is 2.39. The third kappa shape index (κ3) is 3.67. The van der Waals surface area contributed by atoms with Crippen LogP contribution in [0.4, 0.5) is 17.1 Å². The minimum Gasteiger partial charge on any atom is -0.397 e. The summed E-state index contributed by atoms with van der Waals surface area (Å²) in [5.41, 5.74) is 9.62. The van der Waals surface area contributed by atoms with Crippen molar-refractivity contribution in [3.05, 3.63) is 30.4 Å². The molecule has 5 heteroatoms. The maximum Gasteiger partial charge on any atom is 0.224 e. The third-order valence-electron chi connectivity index (χ3n) is 2.97. The van der Waals surface area contributed by atoms with Crippen molar-refractivity contribution >= 4 is 34.7 Å². The molecule has 0 aromatic heterocycles. The summed E-state index contributed by atoms with van der Waals surface area (Å²) in [5.74, 6) is 2.04. The van der Waals surface area contributed by atoms with Gasteiger partial charge in [-0.1, -0.05) is 6.08 Å². The van der Waals surface area contributed by atoms with Crippen LogP contribution in [-0.4, -0.2) is 24.0 Å². The first-order valence-corrected chi connectivity index (χ1v) is 7.51. The van der Waals surface area contributed by atoms with E-state index in [4.69, 9.17) is 5.73 Å². The smallest absolute Gasteiger partial charge is 0.224 e. The SMILES string of the molecule is C=CCSCCNc1cc2c(cc1N)NC(=O)CC2. The molecule has 2 rings (SSSR count). The summed E-state index contributed by atoms with van der Waals surface area (Å²) in [5, 5.41) is 6.19. The van der Waals surface area contributed by atoms with Gasteiger partial charge in [0.25, 0.3) is 0 Å². The quantitative estimate of drug-likeness (QED) is 0.424. The van der Waals surface area contributed by atoms with Gasteiger partial charge in [-0.15, -0.1) is 6.58 Å². The monoisotopic (exact) mass is 277 g/mol. The Morgan fingerprint density at radius 1 is 1.47 bits per heavy atom. The van der Waals surface area contributed by atoms with Crippen molar-refractivity contribution in [2.45, 2.75) is 12.8 Å². The zero-order chi connectivity index (χ0) is 13.7. The third-order valence-corrected chi connectivity index (χ3v) is 3.93. The molecule has 0 aliphatic carbocycles. The van der Waals surface area contributed by atoms with Gasteiger partial charge in [0.15, 0.2) is 0 Å². The first-order valence-electron chi connectivity index (χ1n) is 6.35. The molecule has 19 heavy (non-hydrogen) atoms. The summed E-state index contributed by atoms with van der Waals surface area (Å²) < 4.78 is 0. The Morgan fingerprint density at radius 2 is 2.32 bits per heavy atom. The van der Waals surface area contributed by atoms with Gasteiger partial charge in [-0.2, -0.15) is 11.8 Å². The highest BCUT2D eigenvalue weighted by atomic mass is 32.2. The Hall–Kier alpha value is -1.62. The van der Waals surface area contributed by atoms with Crippen molar-refractivity contribution in [3.63, 3.8) is 0 Å². The van der Waals surface area contributed by atoms with Crippen LogP contribution in [0.5, 0.6) is 0 Å². The number of rotatable bonds is 6. The van der Waals surface area contributed by atoms with Gasteiger partial charge in [0.05, 0.1) is 11.4 Å². The van der Waals surface area contributed by atoms with Gasteiger partial charge in [0.2, 0.25) is 5.91 Å². The summed E-state index contributed by atoms with van der Waals surface area (Å²) in [7, 11) is 0. The predicted octanol–water partition coefficient (Wildman–Crippen LogP) is 2.48. The number of thioether (sulfide) groups is 1. The van der Waals surface area contributed by atoms with Crippen molar-refractivity contribution in [2.24, 2.45) is 0 Å². The molecule has 1 aromatic carbocycles. The molecule has 4 nitrogen and oxygen atoms in total. The predicted molar refractivity (Wildman–Crippen MR) is 83.8 cm³/mol. The Kier molecular flexibility index (Phi) is 4.74. The Morgan fingerprint density at radius 3 is 3.11 bits per heavy atom. The van der Waals surface area contributed by atoms with Crippen LogP contribution in [0.1, 0.15) is 12.0 Å². The molecule has 4 N–H and O–H groups in total. The number of anilines is 3. The maximum atomic E-state index is 11.3. The normalized spacial score (nSPS) is 13.6. The number of hydrogen-bond acceptors (Lipinski definition) is 4. The number of nitrogens with two attached hydrogens (primary N) is 1. The second-order valence-corrected chi connectivity index (χ2v) is 5.58. The standard InChI is InChI=1S/C14H19N3OS/c1-2-6-19-7-5-16-13-8-10-3-4-14(18)17-12(10)9-11(13)15/h2,8-9,16H,1,3-7,15H2,(H,17,18). The molecule has 102 valence electrons. The minimum atomic E-state index is 0.0634. The number of carbonyl (C=O) groups excluding carboxylic acids is 1. The van der Waals surface area contributed by atoms with Crippen LogP contribution in [0.25, 0.3) is 0 Å². The van der Waals surface area contributed by atoms with Crippen LogP contribution in [-0.2, 0) is 11.2 Å². The molecule has 1 aromatic rings. The molecule has 0 saturated heterocycles. The molecule has 0 radical (unpaired) electrons. The highest BCUT2D eigenvalue weighted by Gasteiger charge is 2.16. The molecule has 0 bridgehead atoms. The van der Waals surface area contributed by atoms with Gasteiger partial charge in [0, 0.05) is 30.2 Å². The van der Waals surface area contributed by atoms with E-state index in [-0.39, 0.29) is 5.91 Å². The topological polar surface area (TPSA) is 67.2 Å². The summed E-state index contributed by atoms with van der Waals surface area (Å²) in [6.45, 7) is 4.56. The molecule has 0 fully saturated rings. The average molecular weight is 277 g/mol. The van der Waals surface area contributed by atoms with Gasteiger partial charge < -0.3 is 16.4 Å². The molecule has 0 unspecified atom stereocenters. The summed E-state index contributed by atoms with van der Waals surface area (Å²) >= 11 is 1.83. The van der Waals surface area contributed by atoms with Crippen LogP contribution in [0.15, 0.2) is 24.8 Å². The molecule has 1 aliphatic heterocycles. The van der Waals surface area contributed by atoms with Crippen molar-refractivity contribution in [2.75, 3.05) is 34.4 Å². The fraction of sp³-hybridized carbons (Fsp3) is 0.357. The van der Waals surface area contributed by atoms with E-state index >= 15 is 0 Å². The van der Waals surface area contributed by atoms with E-state index in [1.54, 1.807) is 0 Å². The van der Waals surface area contributed by atoms with Crippen LogP contribution in [0.2, 0.25) is 0 Å². The number of hydrogen-bond donors (Lipinski definition) is 3. The van der Waals surface area contributed by atoms with E-state index in [2.05, 4.69) is 17.2 Å². The first-order chi connectivity index (χ1) is 9.20.